The molecule has 108 valence electrons. The Bertz CT molecular complexity index is 433. The Morgan fingerprint density at radius 3 is 1.90 bits per heavy atom. The van der Waals surface area contributed by atoms with Gasteiger partial charge in [-0.2, -0.15) is 0 Å². The third-order valence-corrected chi connectivity index (χ3v) is 6.45. The first-order chi connectivity index (χ1) is 9.81. The minimum absolute atomic E-state index is 0.663. The summed E-state index contributed by atoms with van der Waals surface area (Å²) in [7, 11) is 0. The molecule has 2 N–H and O–H groups in total. The maximum atomic E-state index is 5.67. The van der Waals surface area contributed by atoms with Gasteiger partial charge in [-0.15, -0.1) is 0 Å². The SMILES string of the molecule is NCc1ccc(CCC2C3CC4CC(C3)CC2C4)cc1. The zero-order chi connectivity index (χ0) is 13.5. The first-order valence-electron chi connectivity index (χ1n) is 8.59. The summed E-state index contributed by atoms with van der Waals surface area (Å²) in [5, 5.41) is 0. The second-order valence-corrected chi connectivity index (χ2v) is 7.65. The van der Waals surface area contributed by atoms with Crippen molar-refractivity contribution in [1.29, 1.82) is 0 Å². The lowest BCUT2D eigenvalue weighted by Crippen LogP contribution is -2.45. The molecule has 4 aliphatic carbocycles. The molecule has 4 bridgehead atoms. The average Bonchev–Trinajstić information content (AvgIpc) is 2.46. The molecular weight excluding hydrogens is 242 g/mol. The highest BCUT2D eigenvalue weighted by atomic mass is 14.5. The van der Waals surface area contributed by atoms with Crippen LogP contribution in [0.5, 0.6) is 0 Å². The molecule has 1 aromatic carbocycles. The van der Waals surface area contributed by atoms with E-state index < -0.39 is 0 Å². The minimum Gasteiger partial charge on any atom is -0.326 e. The Morgan fingerprint density at radius 2 is 1.35 bits per heavy atom. The fourth-order valence-corrected chi connectivity index (χ4v) is 5.68. The van der Waals surface area contributed by atoms with Gasteiger partial charge in [0.1, 0.15) is 0 Å². The van der Waals surface area contributed by atoms with E-state index in [2.05, 4.69) is 24.3 Å². The zero-order valence-electron chi connectivity index (χ0n) is 12.4. The number of nitrogens with two attached hydrogens (primary N) is 1. The van der Waals surface area contributed by atoms with Crippen molar-refractivity contribution < 1.29 is 0 Å². The van der Waals surface area contributed by atoms with E-state index in [1.54, 1.807) is 32.1 Å². The van der Waals surface area contributed by atoms with Crippen molar-refractivity contribution in [1.82, 2.24) is 0 Å². The number of benzene rings is 1. The van der Waals surface area contributed by atoms with E-state index in [0.717, 1.165) is 29.6 Å². The quantitative estimate of drug-likeness (QED) is 0.873. The van der Waals surface area contributed by atoms with Crippen LogP contribution in [0.2, 0.25) is 0 Å². The number of hydrogen-bond acceptors (Lipinski definition) is 1. The molecule has 0 aliphatic heterocycles. The molecule has 1 heteroatoms. The van der Waals surface area contributed by atoms with Crippen LogP contribution in [-0.4, -0.2) is 0 Å². The van der Waals surface area contributed by atoms with Crippen LogP contribution >= 0.6 is 0 Å². The molecular formula is C19H27N. The highest BCUT2D eigenvalue weighted by molar-refractivity contribution is 5.22. The van der Waals surface area contributed by atoms with Crippen molar-refractivity contribution in [3.8, 4) is 0 Å². The summed E-state index contributed by atoms with van der Waals surface area (Å²) in [5.74, 6) is 5.41. The smallest absolute Gasteiger partial charge is 0.0178 e. The van der Waals surface area contributed by atoms with Gasteiger partial charge in [0.2, 0.25) is 0 Å². The fraction of sp³-hybridized carbons (Fsp3) is 0.684. The van der Waals surface area contributed by atoms with Crippen molar-refractivity contribution in [2.75, 3.05) is 0 Å². The molecule has 4 fully saturated rings. The molecule has 4 aliphatic rings. The van der Waals surface area contributed by atoms with Crippen molar-refractivity contribution >= 4 is 0 Å². The maximum Gasteiger partial charge on any atom is 0.0178 e. The summed E-state index contributed by atoms with van der Waals surface area (Å²) in [4.78, 5) is 0. The predicted octanol–water partition coefficient (Wildman–Crippen LogP) is 4.15. The molecule has 20 heavy (non-hydrogen) atoms. The molecule has 5 rings (SSSR count). The molecule has 0 spiro atoms. The van der Waals surface area contributed by atoms with Crippen LogP contribution in [-0.2, 0) is 13.0 Å². The normalized spacial score (nSPS) is 38.4. The predicted molar refractivity (Wildman–Crippen MR) is 83.2 cm³/mol. The third kappa shape index (κ3) is 2.30. The molecule has 4 saturated carbocycles. The zero-order valence-corrected chi connectivity index (χ0v) is 12.4. The first-order valence-corrected chi connectivity index (χ1v) is 8.59. The Labute approximate surface area is 122 Å². The van der Waals surface area contributed by atoms with Gasteiger partial charge in [-0.3, -0.25) is 0 Å². The molecule has 1 nitrogen and oxygen atoms in total. The molecule has 0 amide bonds. The monoisotopic (exact) mass is 269 g/mol. The highest BCUT2D eigenvalue weighted by Crippen LogP contribution is 2.57. The molecule has 0 atom stereocenters. The Balaban J connectivity index is 1.39. The molecule has 1 aromatic rings. The van der Waals surface area contributed by atoms with Crippen molar-refractivity contribution in [2.24, 2.45) is 35.3 Å². The summed E-state index contributed by atoms with van der Waals surface area (Å²) >= 11 is 0. The Hall–Kier alpha value is -0.820. The lowest BCUT2D eigenvalue weighted by atomic mass is 9.51. The molecule has 0 radical (unpaired) electrons. The van der Waals surface area contributed by atoms with E-state index in [-0.39, 0.29) is 0 Å². The van der Waals surface area contributed by atoms with Gasteiger partial charge in [0, 0.05) is 6.54 Å². The summed E-state index contributed by atoms with van der Waals surface area (Å²) in [6.07, 6.45) is 10.5. The fourth-order valence-electron chi connectivity index (χ4n) is 5.68. The van der Waals surface area contributed by atoms with Crippen LogP contribution in [0.25, 0.3) is 0 Å². The summed E-state index contributed by atoms with van der Waals surface area (Å²) < 4.78 is 0. The number of aryl methyl sites for hydroxylation is 1. The second-order valence-electron chi connectivity index (χ2n) is 7.65. The lowest BCUT2D eigenvalue weighted by molar-refractivity contribution is -0.0394. The molecule has 0 unspecified atom stereocenters. The standard InChI is InChI=1S/C19H27N/c20-12-14-3-1-13(2-4-14)5-6-19-17-8-15-7-16(10-17)11-18(19)9-15/h1-4,15-19H,5-12,20H2. The van der Waals surface area contributed by atoms with E-state index in [0.29, 0.717) is 6.54 Å². The minimum atomic E-state index is 0.663. The Morgan fingerprint density at radius 1 is 0.800 bits per heavy atom. The molecule has 0 heterocycles. The van der Waals surface area contributed by atoms with Gasteiger partial charge >= 0.3 is 0 Å². The van der Waals surface area contributed by atoms with Crippen LogP contribution in [0.4, 0.5) is 0 Å². The van der Waals surface area contributed by atoms with E-state index >= 15 is 0 Å². The first kappa shape index (κ1) is 12.9. The van der Waals surface area contributed by atoms with Gasteiger partial charge in [-0.1, -0.05) is 24.3 Å². The van der Waals surface area contributed by atoms with Gasteiger partial charge in [0.25, 0.3) is 0 Å². The average molecular weight is 269 g/mol. The van der Waals surface area contributed by atoms with Crippen LogP contribution in [0, 0.1) is 29.6 Å². The summed E-state index contributed by atoms with van der Waals surface area (Å²) in [6, 6.07) is 8.98. The number of rotatable bonds is 4. The number of hydrogen-bond donors (Lipinski definition) is 1. The second kappa shape index (κ2) is 5.18. The van der Waals surface area contributed by atoms with E-state index in [1.807, 2.05) is 0 Å². The van der Waals surface area contributed by atoms with E-state index in [9.17, 15) is 0 Å². The third-order valence-electron chi connectivity index (χ3n) is 6.45. The molecule has 0 aromatic heterocycles. The lowest BCUT2D eigenvalue weighted by Gasteiger charge is -2.54. The van der Waals surface area contributed by atoms with Crippen LogP contribution in [0.15, 0.2) is 24.3 Å². The van der Waals surface area contributed by atoms with Crippen LogP contribution < -0.4 is 5.73 Å². The maximum absolute atomic E-state index is 5.67. The van der Waals surface area contributed by atoms with Crippen molar-refractivity contribution in [3.63, 3.8) is 0 Å². The van der Waals surface area contributed by atoms with Gasteiger partial charge < -0.3 is 5.73 Å². The largest absolute Gasteiger partial charge is 0.326 e. The van der Waals surface area contributed by atoms with Crippen LogP contribution in [0.3, 0.4) is 0 Å². The highest BCUT2D eigenvalue weighted by Gasteiger charge is 2.47. The Kier molecular flexibility index (Phi) is 3.34. The van der Waals surface area contributed by atoms with Crippen molar-refractivity contribution in [3.05, 3.63) is 35.4 Å². The van der Waals surface area contributed by atoms with Gasteiger partial charge in [-0.05, 0) is 85.7 Å². The summed E-state index contributed by atoms with van der Waals surface area (Å²) in [5.41, 5.74) is 8.43. The van der Waals surface area contributed by atoms with Gasteiger partial charge in [0.15, 0.2) is 0 Å². The topological polar surface area (TPSA) is 26.0 Å². The van der Waals surface area contributed by atoms with Gasteiger partial charge in [-0.25, -0.2) is 0 Å². The van der Waals surface area contributed by atoms with E-state index in [4.69, 9.17) is 5.73 Å². The van der Waals surface area contributed by atoms with Crippen molar-refractivity contribution in [2.45, 2.75) is 51.5 Å². The summed E-state index contributed by atoms with van der Waals surface area (Å²) in [6.45, 7) is 0.663. The molecule has 0 saturated heterocycles. The van der Waals surface area contributed by atoms with Crippen LogP contribution in [0.1, 0.15) is 49.7 Å². The van der Waals surface area contributed by atoms with E-state index in [1.165, 1.54) is 24.0 Å². The van der Waals surface area contributed by atoms with Gasteiger partial charge in [0.05, 0.1) is 0 Å².